The number of piperidine rings is 1. The van der Waals surface area contributed by atoms with Crippen molar-refractivity contribution in [3.05, 3.63) is 30.1 Å². The zero-order chi connectivity index (χ0) is 14.6. The van der Waals surface area contributed by atoms with Crippen LogP contribution >= 0.6 is 0 Å². The van der Waals surface area contributed by atoms with Gasteiger partial charge in [0.1, 0.15) is 5.82 Å². The van der Waals surface area contributed by atoms with Crippen molar-refractivity contribution in [1.29, 1.82) is 0 Å². The van der Waals surface area contributed by atoms with E-state index in [1.807, 2.05) is 26.0 Å². The molecule has 0 unspecified atom stereocenters. The van der Waals surface area contributed by atoms with Gasteiger partial charge in [0.05, 0.1) is 0 Å². The number of halogens is 1. The van der Waals surface area contributed by atoms with Gasteiger partial charge >= 0.3 is 0 Å². The van der Waals surface area contributed by atoms with Crippen LogP contribution in [0.25, 0.3) is 0 Å². The molecule has 0 radical (unpaired) electrons. The molecule has 112 valence electrons. The minimum absolute atomic E-state index is 0.148. The van der Waals surface area contributed by atoms with Crippen molar-refractivity contribution in [1.82, 2.24) is 4.90 Å². The molecule has 0 aromatic heterocycles. The molecule has 2 fully saturated rings. The highest BCUT2D eigenvalue weighted by Crippen LogP contribution is 2.40. The van der Waals surface area contributed by atoms with Gasteiger partial charge in [0.15, 0.2) is 0 Å². The van der Waals surface area contributed by atoms with Gasteiger partial charge in [0.25, 0.3) is 0 Å². The molecule has 20 heavy (non-hydrogen) atoms. The maximum absolute atomic E-state index is 12.9. The molecule has 0 N–H and O–H groups in total. The normalized spacial score (nSPS) is 21.7. The number of anilines is 1. The van der Waals surface area contributed by atoms with Crippen LogP contribution in [0.5, 0.6) is 0 Å². The summed E-state index contributed by atoms with van der Waals surface area (Å²) in [5.41, 5.74) is 1.73. The van der Waals surface area contributed by atoms with E-state index in [1.165, 1.54) is 32.4 Å². The maximum atomic E-state index is 12.9. The predicted molar refractivity (Wildman–Crippen MR) is 83.7 cm³/mol. The van der Waals surface area contributed by atoms with Gasteiger partial charge in [-0.1, -0.05) is 13.8 Å². The summed E-state index contributed by atoms with van der Waals surface area (Å²) in [6.07, 6.45) is 3.89. The SMILES string of the molecule is CC.CN1CCC2(CCN(c3ccc(F)cc3)CC2)C1. The number of nitrogens with zero attached hydrogens (tertiary/aromatic N) is 2. The quantitative estimate of drug-likeness (QED) is 0.771. The zero-order valence-electron chi connectivity index (χ0n) is 13.0. The second-order valence-corrected chi connectivity index (χ2v) is 5.95. The van der Waals surface area contributed by atoms with Crippen molar-refractivity contribution in [3.63, 3.8) is 0 Å². The van der Waals surface area contributed by atoms with Crippen molar-refractivity contribution in [2.75, 3.05) is 38.1 Å². The van der Waals surface area contributed by atoms with Gasteiger partial charge in [0.2, 0.25) is 0 Å². The summed E-state index contributed by atoms with van der Waals surface area (Å²) in [7, 11) is 2.22. The second kappa shape index (κ2) is 6.57. The van der Waals surface area contributed by atoms with E-state index in [-0.39, 0.29) is 5.82 Å². The van der Waals surface area contributed by atoms with Crippen LogP contribution in [0.4, 0.5) is 10.1 Å². The first-order chi connectivity index (χ1) is 9.67. The number of benzene rings is 1. The van der Waals surface area contributed by atoms with Gasteiger partial charge in [-0.15, -0.1) is 0 Å². The Bertz CT molecular complexity index is 408. The molecule has 2 aliphatic rings. The average Bonchev–Trinajstić information content (AvgIpc) is 2.84. The van der Waals surface area contributed by atoms with Gasteiger partial charge in [0, 0.05) is 25.3 Å². The molecule has 0 bridgehead atoms. The van der Waals surface area contributed by atoms with E-state index in [2.05, 4.69) is 16.8 Å². The van der Waals surface area contributed by atoms with Crippen LogP contribution in [0.15, 0.2) is 24.3 Å². The lowest BCUT2D eigenvalue weighted by molar-refractivity contribution is 0.222. The molecule has 0 amide bonds. The predicted octanol–water partition coefficient (Wildman–Crippen LogP) is 3.77. The molecule has 2 saturated heterocycles. The fourth-order valence-electron chi connectivity index (χ4n) is 3.46. The Labute approximate surface area is 122 Å². The average molecular weight is 278 g/mol. The van der Waals surface area contributed by atoms with Crippen molar-refractivity contribution in [3.8, 4) is 0 Å². The van der Waals surface area contributed by atoms with Crippen LogP contribution in [0.2, 0.25) is 0 Å². The van der Waals surface area contributed by atoms with Crippen molar-refractivity contribution < 1.29 is 4.39 Å². The van der Waals surface area contributed by atoms with E-state index in [9.17, 15) is 4.39 Å². The summed E-state index contributed by atoms with van der Waals surface area (Å²) in [6, 6.07) is 6.91. The van der Waals surface area contributed by atoms with E-state index < -0.39 is 0 Å². The Morgan fingerprint density at radius 2 is 1.50 bits per heavy atom. The van der Waals surface area contributed by atoms with Crippen molar-refractivity contribution >= 4 is 5.69 Å². The lowest BCUT2D eigenvalue weighted by atomic mass is 9.77. The molecule has 1 aromatic rings. The topological polar surface area (TPSA) is 6.48 Å². The standard InChI is InChI=1S/C15H21FN2.C2H6/c1-17-9-6-15(12-17)7-10-18(11-8-15)14-4-2-13(16)3-5-14;1-2/h2-5H,6-12H2,1H3;1-2H3. The number of hydrogen-bond acceptors (Lipinski definition) is 2. The molecule has 0 saturated carbocycles. The summed E-state index contributed by atoms with van der Waals surface area (Å²) >= 11 is 0. The first-order valence-corrected chi connectivity index (χ1v) is 7.86. The number of hydrogen-bond donors (Lipinski definition) is 0. The number of rotatable bonds is 1. The fourth-order valence-corrected chi connectivity index (χ4v) is 3.46. The van der Waals surface area contributed by atoms with Gasteiger partial charge in [-0.2, -0.15) is 0 Å². The Morgan fingerprint density at radius 3 is 2.00 bits per heavy atom. The third-order valence-corrected chi connectivity index (χ3v) is 4.65. The Morgan fingerprint density at radius 1 is 0.950 bits per heavy atom. The third kappa shape index (κ3) is 3.32. The third-order valence-electron chi connectivity index (χ3n) is 4.65. The first kappa shape index (κ1) is 15.3. The lowest BCUT2D eigenvalue weighted by Crippen LogP contribution is -2.41. The number of likely N-dealkylation sites (tertiary alicyclic amines) is 1. The van der Waals surface area contributed by atoms with E-state index in [4.69, 9.17) is 0 Å². The lowest BCUT2D eigenvalue weighted by Gasteiger charge is -2.40. The summed E-state index contributed by atoms with van der Waals surface area (Å²) in [6.45, 7) is 8.72. The molecular weight excluding hydrogens is 251 g/mol. The minimum Gasteiger partial charge on any atom is -0.371 e. The van der Waals surface area contributed by atoms with E-state index in [0.717, 1.165) is 18.8 Å². The summed E-state index contributed by atoms with van der Waals surface area (Å²) < 4.78 is 12.9. The molecule has 0 aliphatic carbocycles. The van der Waals surface area contributed by atoms with Crippen LogP contribution < -0.4 is 4.90 Å². The van der Waals surface area contributed by atoms with Crippen LogP contribution in [-0.4, -0.2) is 38.1 Å². The molecule has 2 aliphatic heterocycles. The molecule has 2 heterocycles. The van der Waals surface area contributed by atoms with Crippen molar-refractivity contribution in [2.24, 2.45) is 5.41 Å². The van der Waals surface area contributed by atoms with Gasteiger partial charge in [-0.05, 0) is 62.5 Å². The van der Waals surface area contributed by atoms with E-state index in [0.29, 0.717) is 5.41 Å². The van der Waals surface area contributed by atoms with Crippen LogP contribution in [-0.2, 0) is 0 Å². The maximum Gasteiger partial charge on any atom is 0.123 e. The van der Waals surface area contributed by atoms with Crippen LogP contribution in [0.3, 0.4) is 0 Å². The molecular formula is C17H27FN2. The minimum atomic E-state index is -0.148. The highest BCUT2D eigenvalue weighted by molar-refractivity contribution is 5.46. The first-order valence-electron chi connectivity index (χ1n) is 7.86. The fraction of sp³-hybridized carbons (Fsp3) is 0.647. The smallest absolute Gasteiger partial charge is 0.123 e. The summed E-state index contributed by atoms with van der Waals surface area (Å²) in [5.74, 6) is -0.148. The molecule has 3 heteroatoms. The largest absolute Gasteiger partial charge is 0.371 e. The Kier molecular flexibility index (Phi) is 5.03. The van der Waals surface area contributed by atoms with Gasteiger partial charge in [-0.25, -0.2) is 4.39 Å². The van der Waals surface area contributed by atoms with Gasteiger partial charge in [-0.3, -0.25) is 0 Å². The molecule has 1 aromatic carbocycles. The Hall–Kier alpha value is -1.09. The Balaban J connectivity index is 0.000000704. The van der Waals surface area contributed by atoms with E-state index >= 15 is 0 Å². The van der Waals surface area contributed by atoms with Crippen LogP contribution in [0, 0.1) is 11.2 Å². The van der Waals surface area contributed by atoms with E-state index in [1.54, 1.807) is 12.1 Å². The summed E-state index contributed by atoms with van der Waals surface area (Å²) in [5, 5.41) is 0. The van der Waals surface area contributed by atoms with Gasteiger partial charge < -0.3 is 9.80 Å². The molecule has 2 nitrogen and oxygen atoms in total. The highest BCUT2D eigenvalue weighted by atomic mass is 19.1. The van der Waals surface area contributed by atoms with Crippen molar-refractivity contribution in [2.45, 2.75) is 33.1 Å². The summed E-state index contributed by atoms with van der Waals surface area (Å²) in [4.78, 5) is 4.84. The zero-order valence-corrected chi connectivity index (χ0v) is 13.0. The molecule has 3 rings (SSSR count). The highest BCUT2D eigenvalue weighted by Gasteiger charge is 2.39. The second-order valence-electron chi connectivity index (χ2n) is 5.95. The molecule has 1 spiro atoms. The monoisotopic (exact) mass is 278 g/mol. The van der Waals surface area contributed by atoms with Crippen LogP contribution in [0.1, 0.15) is 33.1 Å². The molecule has 0 atom stereocenters.